The minimum atomic E-state index is 0.350. The van der Waals surface area contributed by atoms with Crippen molar-refractivity contribution in [1.29, 1.82) is 0 Å². The van der Waals surface area contributed by atoms with Crippen LogP contribution in [0.1, 0.15) is 31.2 Å². The minimum absolute atomic E-state index is 0.350. The summed E-state index contributed by atoms with van der Waals surface area (Å²) in [5, 5.41) is 4.05. The number of methoxy groups -OCH3 is 1. The standard InChI is InChI=1S/C12H21N3O2/c1-9-5-10(13)3-4-15(9)7-11-6-12(8-16-2)17-14-11/h6,9-10H,3-5,7-8,13H2,1-2H3. The summed E-state index contributed by atoms with van der Waals surface area (Å²) in [5.74, 6) is 0.781. The molecule has 5 nitrogen and oxygen atoms in total. The maximum absolute atomic E-state index is 5.95. The van der Waals surface area contributed by atoms with Crippen molar-refractivity contribution in [3.8, 4) is 0 Å². The van der Waals surface area contributed by atoms with E-state index in [9.17, 15) is 0 Å². The van der Waals surface area contributed by atoms with Gasteiger partial charge in [0.25, 0.3) is 0 Å². The molecule has 2 rings (SSSR count). The molecule has 0 bridgehead atoms. The van der Waals surface area contributed by atoms with Gasteiger partial charge in [-0.15, -0.1) is 0 Å². The molecule has 0 amide bonds. The van der Waals surface area contributed by atoms with Crippen LogP contribution < -0.4 is 5.73 Å². The van der Waals surface area contributed by atoms with E-state index in [1.165, 1.54) is 0 Å². The Labute approximate surface area is 102 Å². The third-order valence-corrected chi connectivity index (χ3v) is 3.31. The summed E-state index contributed by atoms with van der Waals surface area (Å²) in [4.78, 5) is 2.40. The van der Waals surface area contributed by atoms with Gasteiger partial charge < -0.3 is 15.0 Å². The lowest BCUT2D eigenvalue weighted by atomic mass is 9.99. The number of rotatable bonds is 4. The van der Waals surface area contributed by atoms with Crippen molar-refractivity contribution >= 4 is 0 Å². The van der Waals surface area contributed by atoms with E-state index in [1.54, 1.807) is 7.11 Å². The van der Waals surface area contributed by atoms with Crippen molar-refractivity contribution in [1.82, 2.24) is 10.1 Å². The van der Waals surface area contributed by atoms with Gasteiger partial charge in [0, 0.05) is 38.3 Å². The molecule has 1 saturated heterocycles. The van der Waals surface area contributed by atoms with Crippen molar-refractivity contribution in [3.63, 3.8) is 0 Å². The number of hydrogen-bond donors (Lipinski definition) is 1. The van der Waals surface area contributed by atoms with Crippen LogP contribution in [0, 0.1) is 0 Å². The largest absolute Gasteiger partial charge is 0.377 e. The molecule has 1 aromatic rings. The first kappa shape index (κ1) is 12.5. The fraction of sp³-hybridized carbons (Fsp3) is 0.750. The molecule has 1 fully saturated rings. The monoisotopic (exact) mass is 239 g/mol. The summed E-state index contributed by atoms with van der Waals surface area (Å²) >= 11 is 0. The number of likely N-dealkylation sites (tertiary alicyclic amines) is 1. The summed E-state index contributed by atoms with van der Waals surface area (Å²) in [7, 11) is 1.65. The second-order valence-electron chi connectivity index (χ2n) is 4.82. The molecule has 0 aromatic carbocycles. The van der Waals surface area contributed by atoms with E-state index in [0.29, 0.717) is 18.7 Å². The lowest BCUT2D eigenvalue weighted by Gasteiger charge is -2.35. The summed E-state index contributed by atoms with van der Waals surface area (Å²) in [6.45, 7) is 4.57. The normalized spacial score (nSPS) is 26.3. The molecule has 0 saturated carbocycles. The van der Waals surface area contributed by atoms with E-state index in [-0.39, 0.29) is 0 Å². The number of nitrogens with zero attached hydrogens (tertiary/aromatic N) is 2. The first-order valence-corrected chi connectivity index (χ1v) is 6.12. The maximum Gasteiger partial charge on any atom is 0.162 e. The highest BCUT2D eigenvalue weighted by atomic mass is 16.5. The molecular formula is C12H21N3O2. The Morgan fingerprint density at radius 1 is 1.65 bits per heavy atom. The molecule has 0 spiro atoms. The zero-order valence-corrected chi connectivity index (χ0v) is 10.6. The van der Waals surface area contributed by atoms with Crippen molar-refractivity contribution in [2.75, 3.05) is 13.7 Å². The van der Waals surface area contributed by atoms with E-state index in [2.05, 4.69) is 17.0 Å². The topological polar surface area (TPSA) is 64.5 Å². The van der Waals surface area contributed by atoms with E-state index in [0.717, 1.165) is 37.4 Å². The van der Waals surface area contributed by atoms with Gasteiger partial charge in [-0.25, -0.2) is 0 Å². The van der Waals surface area contributed by atoms with Crippen LogP contribution in [0.5, 0.6) is 0 Å². The average Bonchev–Trinajstić information content (AvgIpc) is 2.71. The molecule has 1 aliphatic rings. The number of piperidine rings is 1. The van der Waals surface area contributed by atoms with Crippen LogP contribution in [0.4, 0.5) is 0 Å². The maximum atomic E-state index is 5.95. The second-order valence-corrected chi connectivity index (χ2v) is 4.82. The molecule has 2 unspecified atom stereocenters. The lowest BCUT2D eigenvalue weighted by Crippen LogP contribution is -2.45. The fourth-order valence-electron chi connectivity index (χ4n) is 2.34. The van der Waals surface area contributed by atoms with E-state index in [4.69, 9.17) is 15.0 Å². The molecule has 17 heavy (non-hydrogen) atoms. The van der Waals surface area contributed by atoms with Crippen LogP contribution in [0.25, 0.3) is 0 Å². The van der Waals surface area contributed by atoms with Crippen molar-refractivity contribution in [2.24, 2.45) is 5.73 Å². The number of ether oxygens (including phenoxy) is 1. The number of hydrogen-bond acceptors (Lipinski definition) is 5. The lowest BCUT2D eigenvalue weighted by molar-refractivity contribution is 0.135. The highest BCUT2D eigenvalue weighted by Gasteiger charge is 2.23. The zero-order valence-electron chi connectivity index (χ0n) is 10.6. The molecule has 2 N–H and O–H groups in total. The van der Waals surface area contributed by atoms with Crippen molar-refractivity contribution < 1.29 is 9.26 Å². The van der Waals surface area contributed by atoms with Crippen LogP contribution in [-0.4, -0.2) is 35.8 Å². The predicted octanol–water partition coefficient (Wildman–Crippen LogP) is 1.13. The second kappa shape index (κ2) is 5.62. The molecule has 0 radical (unpaired) electrons. The zero-order chi connectivity index (χ0) is 12.3. The van der Waals surface area contributed by atoms with Gasteiger partial charge in [-0.2, -0.15) is 0 Å². The van der Waals surface area contributed by atoms with Crippen LogP contribution in [0.3, 0.4) is 0 Å². The molecule has 2 atom stereocenters. The van der Waals surface area contributed by atoms with Gasteiger partial charge in [0.15, 0.2) is 5.76 Å². The predicted molar refractivity (Wildman–Crippen MR) is 64.3 cm³/mol. The highest BCUT2D eigenvalue weighted by molar-refractivity contribution is 5.05. The van der Waals surface area contributed by atoms with Gasteiger partial charge in [-0.3, -0.25) is 4.90 Å². The molecule has 96 valence electrons. The minimum Gasteiger partial charge on any atom is -0.377 e. The summed E-state index contributed by atoms with van der Waals surface area (Å²) in [6, 6.07) is 2.83. The van der Waals surface area contributed by atoms with Gasteiger partial charge in [0.1, 0.15) is 6.61 Å². The quantitative estimate of drug-likeness (QED) is 0.853. The van der Waals surface area contributed by atoms with Crippen LogP contribution in [-0.2, 0) is 17.9 Å². The fourth-order valence-corrected chi connectivity index (χ4v) is 2.34. The molecule has 5 heteroatoms. The van der Waals surface area contributed by atoms with Gasteiger partial charge >= 0.3 is 0 Å². The molecule has 1 aromatic heterocycles. The molecule has 1 aliphatic heterocycles. The Morgan fingerprint density at radius 2 is 2.47 bits per heavy atom. The number of aromatic nitrogens is 1. The molecule has 0 aliphatic carbocycles. The Kier molecular flexibility index (Phi) is 4.15. The summed E-state index contributed by atoms with van der Waals surface area (Å²) in [5.41, 5.74) is 6.92. The number of nitrogens with two attached hydrogens (primary N) is 1. The SMILES string of the molecule is COCc1cc(CN2CCC(N)CC2C)no1. The Morgan fingerprint density at radius 3 is 3.18 bits per heavy atom. The smallest absolute Gasteiger partial charge is 0.162 e. The van der Waals surface area contributed by atoms with Gasteiger partial charge in [0.05, 0.1) is 5.69 Å². The summed E-state index contributed by atoms with van der Waals surface area (Å²) in [6.07, 6.45) is 2.12. The van der Waals surface area contributed by atoms with Gasteiger partial charge in [-0.1, -0.05) is 5.16 Å². The third-order valence-electron chi connectivity index (χ3n) is 3.31. The van der Waals surface area contributed by atoms with Crippen LogP contribution in [0.15, 0.2) is 10.6 Å². The van der Waals surface area contributed by atoms with Crippen molar-refractivity contribution in [2.45, 2.75) is 45.0 Å². The van der Waals surface area contributed by atoms with Crippen LogP contribution >= 0.6 is 0 Å². The summed E-state index contributed by atoms with van der Waals surface area (Å²) < 4.78 is 10.2. The van der Waals surface area contributed by atoms with E-state index < -0.39 is 0 Å². The van der Waals surface area contributed by atoms with Crippen molar-refractivity contribution in [3.05, 3.63) is 17.5 Å². The Bertz CT molecular complexity index is 353. The van der Waals surface area contributed by atoms with Gasteiger partial charge in [-0.05, 0) is 19.8 Å². The molecular weight excluding hydrogens is 218 g/mol. The Balaban J connectivity index is 1.91. The Hall–Kier alpha value is -0.910. The first-order chi connectivity index (χ1) is 8.19. The average molecular weight is 239 g/mol. The van der Waals surface area contributed by atoms with Crippen LogP contribution in [0.2, 0.25) is 0 Å². The molecule has 2 heterocycles. The third kappa shape index (κ3) is 3.28. The first-order valence-electron chi connectivity index (χ1n) is 6.12. The van der Waals surface area contributed by atoms with E-state index in [1.807, 2.05) is 6.07 Å². The van der Waals surface area contributed by atoms with Gasteiger partial charge in [0.2, 0.25) is 0 Å². The van der Waals surface area contributed by atoms with E-state index >= 15 is 0 Å². The highest BCUT2D eigenvalue weighted by Crippen LogP contribution is 2.18.